The fourth-order valence-electron chi connectivity index (χ4n) is 3.88. The number of morpholine rings is 1. The van der Waals surface area contributed by atoms with E-state index in [2.05, 4.69) is 10.2 Å². The highest BCUT2D eigenvalue weighted by atomic mass is 16.5. The highest BCUT2D eigenvalue weighted by molar-refractivity contribution is 6.00. The number of benzene rings is 1. The average molecular weight is 391 g/mol. The summed E-state index contributed by atoms with van der Waals surface area (Å²) < 4.78 is 16.5. The molecule has 2 amide bonds. The third-order valence-electron chi connectivity index (χ3n) is 5.38. The quantitative estimate of drug-likeness (QED) is 0.771. The van der Waals surface area contributed by atoms with Crippen molar-refractivity contribution >= 4 is 11.8 Å². The summed E-state index contributed by atoms with van der Waals surface area (Å²) in [5.74, 6) is 0.825. The van der Waals surface area contributed by atoms with E-state index in [4.69, 9.17) is 14.2 Å². The maximum absolute atomic E-state index is 12.9. The Hall–Kier alpha value is -2.32. The van der Waals surface area contributed by atoms with Crippen molar-refractivity contribution in [3.05, 3.63) is 23.8 Å². The first kappa shape index (κ1) is 20.4. The summed E-state index contributed by atoms with van der Waals surface area (Å²) in [5, 5.41) is 3.10. The van der Waals surface area contributed by atoms with Crippen LogP contribution >= 0.6 is 0 Å². The van der Waals surface area contributed by atoms with E-state index < -0.39 is 0 Å². The lowest BCUT2D eigenvalue weighted by Crippen LogP contribution is -2.47. The average Bonchev–Trinajstić information content (AvgIpc) is 3.08. The molecule has 2 saturated heterocycles. The maximum Gasteiger partial charge on any atom is 0.259 e. The number of nitrogens with zero attached hydrogens (tertiary/aromatic N) is 2. The Morgan fingerprint density at radius 2 is 1.89 bits per heavy atom. The third kappa shape index (κ3) is 4.39. The minimum atomic E-state index is -0.209. The van der Waals surface area contributed by atoms with E-state index in [1.807, 2.05) is 0 Å². The van der Waals surface area contributed by atoms with Crippen molar-refractivity contribution in [2.45, 2.75) is 31.0 Å². The Bertz CT molecular complexity index is 702. The van der Waals surface area contributed by atoms with Crippen molar-refractivity contribution in [1.82, 2.24) is 15.1 Å². The SMILES string of the molecule is COc1cccc(OC)c1C(=O)N[C@H]1C[C@H]2CO[C@@H](CC(=O)N(C)C)CN2C1. The van der Waals surface area contributed by atoms with E-state index in [0.29, 0.717) is 36.6 Å². The first-order valence-corrected chi connectivity index (χ1v) is 9.50. The summed E-state index contributed by atoms with van der Waals surface area (Å²) in [5.41, 5.74) is 0.406. The predicted octanol–water partition coefficient (Wildman–Crippen LogP) is 0.754. The molecule has 0 bridgehead atoms. The molecule has 1 N–H and O–H groups in total. The Balaban J connectivity index is 1.61. The minimum Gasteiger partial charge on any atom is -0.496 e. The number of amides is 2. The molecule has 2 fully saturated rings. The van der Waals surface area contributed by atoms with Crippen LogP contribution in [0.25, 0.3) is 0 Å². The van der Waals surface area contributed by atoms with Gasteiger partial charge >= 0.3 is 0 Å². The first-order chi connectivity index (χ1) is 13.4. The summed E-state index contributed by atoms with van der Waals surface area (Å²) in [6.07, 6.45) is 1.10. The molecule has 8 nitrogen and oxygen atoms in total. The predicted molar refractivity (Wildman–Crippen MR) is 104 cm³/mol. The highest BCUT2D eigenvalue weighted by Crippen LogP contribution is 2.29. The van der Waals surface area contributed by atoms with Gasteiger partial charge in [0.2, 0.25) is 5.91 Å². The third-order valence-corrected chi connectivity index (χ3v) is 5.38. The van der Waals surface area contributed by atoms with Gasteiger partial charge in [0.1, 0.15) is 17.1 Å². The zero-order chi connectivity index (χ0) is 20.3. The maximum atomic E-state index is 12.9. The Labute approximate surface area is 165 Å². The standard InChI is InChI=1S/C20H29N3O5/c1-22(2)18(24)9-15-11-23-10-13(8-14(23)12-28-15)21-20(25)19-16(26-3)6-5-7-17(19)27-4/h5-7,13-15H,8-12H2,1-4H3,(H,21,25)/t13-,14-,15-/m0/s1. The zero-order valence-electron chi connectivity index (χ0n) is 16.9. The number of ether oxygens (including phenoxy) is 3. The van der Waals surface area contributed by atoms with Gasteiger partial charge in [0.05, 0.1) is 33.4 Å². The van der Waals surface area contributed by atoms with Crippen molar-refractivity contribution in [2.75, 3.05) is 48.0 Å². The normalized spacial score (nSPS) is 24.4. The lowest BCUT2D eigenvalue weighted by Gasteiger charge is -2.35. The van der Waals surface area contributed by atoms with Gasteiger partial charge in [-0.1, -0.05) is 6.07 Å². The molecule has 0 aliphatic carbocycles. The summed E-state index contributed by atoms with van der Waals surface area (Å²) in [6, 6.07) is 5.55. The van der Waals surface area contributed by atoms with E-state index in [9.17, 15) is 9.59 Å². The summed E-state index contributed by atoms with van der Waals surface area (Å²) in [4.78, 5) is 28.7. The van der Waals surface area contributed by atoms with Crippen LogP contribution in [0.1, 0.15) is 23.2 Å². The van der Waals surface area contributed by atoms with Gasteiger partial charge in [-0.3, -0.25) is 14.5 Å². The molecule has 0 radical (unpaired) electrons. The smallest absolute Gasteiger partial charge is 0.259 e. The van der Waals surface area contributed by atoms with Crippen LogP contribution in [0, 0.1) is 0 Å². The van der Waals surface area contributed by atoms with Crippen LogP contribution in [-0.4, -0.2) is 87.8 Å². The minimum absolute atomic E-state index is 0.0130. The number of hydrogen-bond acceptors (Lipinski definition) is 6. The Morgan fingerprint density at radius 3 is 2.50 bits per heavy atom. The van der Waals surface area contributed by atoms with Gasteiger partial charge < -0.3 is 24.4 Å². The lowest BCUT2D eigenvalue weighted by molar-refractivity contribution is -0.134. The van der Waals surface area contributed by atoms with Crippen LogP contribution < -0.4 is 14.8 Å². The number of hydrogen-bond donors (Lipinski definition) is 1. The van der Waals surface area contributed by atoms with Gasteiger partial charge in [-0.15, -0.1) is 0 Å². The van der Waals surface area contributed by atoms with E-state index in [1.54, 1.807) is 37.2 Å². The summed E-state index contributed by atoms with van der Waals surface area (Å²) in [6.45, 7) is 2.02. The zero-order valence-corrected chi connectivity index (χ0v) is 16.9. The monoisotopic (exact) mass is 391 g/mol. The molecule has 154 valence electrons. The second-order valence-corrected chi connectivity index (χ2v) is 7.50. The van der Waals surface area contributed by atoms with Gasteiger partial charge in [0.15, 0.2) is 0 Å². The van der Waals surface area contributed by atoms with Crippen molar-refractivity contribution in [3.63, 3.8) is 0 Å². The number of carbonyl (C=O) groups is 2. The molecule has 2 heterocycles. The van der Waals surface area contributed by atoms with Crippen LogP contribution in [0.15, 0.2) is 18.2 Å². The topological polar surface area (TPSA) is 80.3 Å². The van der Waals surface area contributed by atoms with Crippen LogP contribution in [0.3, 0.4) is 0 Å². The van der Waals surface area contributed by atoms with Crippen molar-refractivity contribution in [1.29, 1.82) is 0 Å². The molecule has 1 aromatic rings. The second-order valence-electron chi connectivity index (χ2n) is 7.50. The number of fused-ring (bicyclic) bond motifs is 1. The molecule has 0 saturated carbocycles. The molecular formula is C20H29N3O5. The van der Waals surface area contributed by atoms with E-state index in [0.717, 1.165) is 13.0 Å². The molecule has 3 rings (SSSR count). The van der Waals surface area contributed by atoms with Crippen molar-refractivity contribution in [2.24, 2.45) is 0 Å². The van der Waals surface area contributed by atoms with Crippen molar-refractivity contribution < 1.29 is 23.8 Å². The fraction of sp³-hybridized carbons (Fsp3) is 0.600. The largest absolute Gasteiger partial charge is 0.496 e. The Kier molecular flexibility index (Phi) is 6.41. The number of rotatable bonds is 6. The molecular weight excluding hydrogens is 362 g/mol. The number of methoxy groups -OCH3 is 2. The summed E-state index contributed by atoms with van der Waals surface area (Å²) >= 11 is 0. The van der Waals surface area contributed by atoms with Gasteiger partial charge in [0.25, 0.3) is 5.91 Å². The molecule has 2 aliphatic rings. The van der Waals surface area contributed by atoms with Crippen LogP contribution in [0.4, 0.5) is 0 Å². The molecule has 28 heavy (non-hydrogen) atoms. The van der Waals surface area contributed by atoms with Gasteiger partial charge in [0, 0.05) is 39.3 Å². The molecule has 0 unspecified atom stereocenters. The van der Waals surface area contributed by atoms with Gasteiger partial charge in [-0.25, -0.2) is 0 Å². The van der Waals surface area contributed by atoms with E-state index in [1.165, 1.54) is 14.2 Å². The molecule has 8 heteroatoms. The molecule has 0 spiro atoms. The Morgan fingerprint density at radius 1 is 1.21 bits per heavy atom. The van der Waals surface area contributed by atoms with Crippen LogP contribution in [0.2, 0.25) is 0 Å². The van der Waals surface area contributed by atoms with Crippen LogP contribution in [0.5, 0.6) is 11.5 Å². The van der Waals surface area contributed by atoms with Crippen molar-refractivity contribution in [3.8, 4) is 11.5 Å². The van der Waals surface area contributed by atoms with Gasteiger partial charge in [-0.2, -0.15) is 0 Å². The number of carbonyl (C=O) groups excluding carboxylic acids is 2. The lowest BCUT2D eigenvalue weighted by atomic mass is 10.1. The summed E-state index contributed by atoms with van der Waals surface area (Å²) in [7, 11) is 6.57. The molecule has 1 aromatic carbocycles. The molecule has 3 atom stereocenters. The molecule has 0 aromatic heterocycles. The first-order valence-electron chi connectivity index (χ1n) is 9.50. The van der Waals surface area contributed by atoms with Crippen LogP contribution in [-0.2, 0) is 9.53 Å². The fourth-order valence-corrected chi connectivity index (χ4v) is 3.88. The van der Waals surface area contributed by atoms with E-state index in [-0.39, 0.29) is 30.0 Å². The second kappa shape index (κ2) is 8.79. The van der Waals surface area contributed by atoms with E-state index >= 15 is 0 Å². The number of nitrogens with one attached hydrogen (secondary N) is 1. The molecule has 2 aliphatic heterocycles. The van der Waals surface area contributed by atoms with Gasteiger partial charge in [-0.05, 0) is 18.6 Å². The highest BCUT2D eigenvalue weighted by Gasteiger charge is 2.39.